The zero-order chi connectivity index (χ0) is 18.5. The molecular weight excluding hydrogens is 334 g/mol. The number of nitrogens with zero attached hydrogens (tertiary/aromatic N) is 2. The summed E-state index contributed by atoms with van der Waals surface area (Å²) in [7, 11) is 0. The molecule has 1 aromatic rings. The van der Waals surface area contributed by atoms with Crippen LogP contribution in [0.3, 0.4) is 0 Å². The molecule has 0 spiro atoms. The molecule has 0 saturated heterocycles. The molecule has 0 unspecified atom stereocenters. The van der Waals surface area contributed by atoms with Crippen LogP contribution in [-0.4, -0.2) is 33.4 Å². The van der Waals surface area contributed by atoms with E-state index in [4.69, 9.17) is 21.1 Å². The Morgan fingerprint density at radius 3 is 2.17 bits per heavy atom. The zero-order valence-electron chi connectivity index (χ0n) is 14.8. The summed E-state index contributed by atoms with van der Waals surface area (Å²) >= 11 is 5.80. The van der Waals surface area contributed by atoms with Crippen LogP contribution in [-0.2, 0) is 16.0 Å². The molecule has 0 radical (unpaired) electrons. The van der Waals surface area contributed by atoms with Crippen LogP contribution >= 0.6 is 11.6 Å². The predicted octanol–water partition coefficient (Wildman–Crippen LogP) is 3.91. The minimum atomic E-state index is -0.762. The Morgan fingerprint density at radius 1 is 1.12 bits per heavy atom. The Bertz CT molecular complexity index is 576. The molecule has 0 atom stereocenters. The van der Waals surface area contributed by atoms with E-state index in [9.17, 15) is 9.59 Å². The lowest BCUT2D eigenvalue weighted by Crippen LogP contribution is -2.49. The van der Waals surface area contributed by atoms with Gasteiger partial charge in [-0.25, -0.2) is 20.0 Å². The van der Waals surface area contributed by atoms with Gasteiger partial charge >= 0.3 is 12.2 Å². The minimum Gasteiger partial charge on any atom is -0.443 e. The molecule has 1 N–H and O–H groups in total. The molecule has 1 rings (SSSR count). The Balaban J connectivity index is 2.88. The van der Waals surface area contributed by atoms with Crippen LogP contribution in [0.1, 0.15) is 47.2 Å². The summed E-state index contributed by atoms with van der Waals surface area (Å²) in [5.41, 5.74) is 1.51. The number of carbonyl (C=O) groups excluding carboxylic acids is 2. The van der Waals surface area contributed by atoms with Crippen LogP contribution in [0.25, 0.3) is 0 Å². The van der Waals surface area contributed by atoms with Crippen molar-refractivity contribution in [2.45, 2.75) is 59.3 Å². The van der Waals surface area contributed by atoms with Crippen LogP contribution in [0.2, 0.25) is 5.02 Å². The van der Waals surface area contributed by atoms with E-state index in [0.717, 1.165) is 5.01 Å². The third-order valence-corrected chi connectivity index (χ3v) is 2.57. The lowest BCUT2D eigenvalue weighted by molar-refractivity contribution is -0.000921. The highest BCUT2D eigenvalue weighted by molar-refractivity contribution is 6.30. The highest BCUT2D eigenvalue weighted by Crippen LogP contribution is 2.13. The number of nitrogens with one attached hydrogen (secondary N) is 1. The van der Waals surface area contributed by atoms with Crippen molar-refractivity contribution in [1.29, 1.82) is 0 Å². The van der Waals surface area contributed by atoms with Gasteiger partial charge in [0.2, 0.25) is 0 Å². The number of pyridine rings is 1. The van der Waals surface area contributed by atoms with Crippen molar-refractivity contribution in [3.05, 3.63) is 29.0 Å². The fourth-order valence-electron chi connectivity index (χ4n) is 1.54. The highest BCUT2D eigenvalue weighted by atomic mass is 35.5. The molecule has 24 heavy (non-hydrogen) atoms. The molecule has 0 aliphatic carbocycles. The van der Waals surface area contributed by atoms with E-state index in [1.54, 1.807) is 53.7 Å². The van der Waals surface area contributed by atoms with Gasteiger partial charge in [0.25, 0.3) is 0 Å². The van der Waals surface area contributed by atoms with Gasteiger partial charge in [-0.05, 0) is 53.7 Å². The molecule has 0 aliphatic rings. The average molecular weight is 358 g/mol. The molecule has 0 bridgehead atoms. The maximum Gasteiger partial charge on any atom is 0.429 e. The molecule has 0 aliphatic heterocycles. The lowest BCUT2D eigenvalue weighted by Gasteiger charge is -2.28. The van der Waals surface area contributed by atoms with Crippen molar-refractivity contribution < 1.29 is 19.1 Å². The summed E-state index contributed by atoms with van der Waals surface area (Å²) in [5.74, 6) is 0. The fraction of sp³-hybridized carbons (Fsp3) is 0.562. The van der Waals surface area contributed by atoms with E-state index in [-0.39, 0.29) is 6.54 Å². The molecule has 0 aromatic carbocycles. The van der Waals surface area contributed by atoms with Crippen LogP contribution in [0, 0.1) is 0 Å². The van der Waals surface area contributed by atoms with Gasteiger partial charge in [-0.1, -0.05) is 11.6 Å². The van der Waals surface area contributed by atoms with Gasteiger partial charge in [-0.2, -0.15) is 0 Å². The second-order valence-electron chi connectivity index (χ2n) is 7.15. The van der Waals surface area contributed by atoms with Gasteiger partial charge in [-0.15, -0.1) is 0 Å². The average Bonchev–Trinajstić information content (AvgIpc) is 2.36. The maximum absolute atomic E-state index is 12.3. The van der Waals surface area contributed by atoms with E-state index in [0.29, 0.717) is 10.7 Å². The number of rotatable bonds is 2. The third kappa shape index (κ3) is 8.01. The first-order valence-electron chi connectivity index (χ1n) is 7.46. The Morgan fingerprint density at radius 2 is 1.71 bits per heavy atom. The van der Waals surface area contributed by atoms with Gasteiger partial charge in [0, 0.05) is 6.20 Å². The molecular formula is C16H24ClN3O4. The summed E-state index contributed by atoms with van der Waals surface area (Å²) in [6, 6.07) is 3.29. The van der Waals surface area contributed by atoms with E-state index in [2.05, 4.69) is 10.4 Å². The van der Waals surface area contributed by atoms with Crippen molar-refractivity contribution >= 4 is 23.8 Å². The van der Waals surface area contributed by atoms with Crippen LogP contribution in [0.4, 0.5) is 9.59 Å². The SMILES string of the molecule is CC(C)(C)OC(=O)NN(Cc1ccc(Cl)cn1)C(=O)OC(C)(C)C. The first kappa shape index (κ1) is 20.0. The second-order valence-corrected chi connectivity index (χ2v) is 7.58. The van der Waals surface area contributed by atoms with Crippen LogP contribution < -0.4 is 5.43 Å². The van der Waals surface area contributed by atoms with Gasteiger partial charge in [0.15, 0.2) is 0 Å². The number of aromatic nitrogens is 1. The number of halogens is 1. The van der Waals surface area contributed by atoms with Crippen molar-refractivity contribution in [2.24, 2.45) is 0 Å². The molecule has 0 fully saturated rings. The van der Waals surface area contributed by atoms with E-state index < -0.39 is 23.4 Å². The Labute approximate surface area is 147 Å². The number of hydrogen-bond donors (Lipinski definition) is 1. The van der Waals surface area contributed by atoms with E-state index >= 15 is 0 Å². The number of hydrogen-bond acceptors (Lipinski definition) is 5. The van der Waals surface area contributed by atoms with Crippen LogP contribution in [0.15, 0.2) is 18.3 Å². The van der Waals surface area contributed by atoms with Crippen molar-refractivity contribution in [2.75, 3.05) is 0 Å². The van der Waals surface area contributed by atoms with Gasteiger partial charge in [-0.3, -0.25) is 4.98 Å². The number of carbonyl (C=O) groups is 2. The quantitative estimate of drug-likeness (QED) is 0.811. The molecule has 2 amide bonds. The van der Waals surface area contributed by atoms with E-state index in [1.165, 1.54) is 6.20 Å². The molecule has 134 valence electrons. The van der Waals surface area contributed by atoms with Crippen LogP contribution in [0.5, 0.6) is 0 Å². The second kappa shape index (κ2) is 7.70. The molecule has 8 heteroatoms. The number of amides is 2. The monoisotopic (exact) mass is 357 g/mol. The summed E-state index contributed by atoms with van der Waals surface area (Å²) in [4.78, 5) is 28.4. The lowest BCUT2D eigenvalue weighted by atomic mass is 10.2. The Kier molecular flexibility index (Phi) is 6.42. The third-order valence-electron chi connectivity index (χ3n) is 2.35. The fourth-order valence-corrected chi connectivity index (χ4v) is 1.65. The van der Waals surface area contributed by atoms with Crippen molar-refractivity contribution in [3.63, 3.8) is 0 Å². The number of ether oxygens (including phenoxy) is 2. The summed E-state index contributed by atoms with van der Waals surface area (Å²) < 4.78 is 10.5. The maximum atomic E-state index is 12.3. The van der Waals surface area contributed by atoms with Gasteiger partial charge in [0.05, 0.1) is 17.3 Å². The Hall–Kier alpha value is -2.02. The molecule has 0 saturated carbocycles. The van der Waals surface area contributed by atoms with Gasteiger partial charge < -0.3 is 9.47 Å². The smallest absolute Gasteiger partial charge is 0.429 e. The summed E-state index contributed by atoms with van der Waals surface area (Å²) in [6.07, 6.45) is -0.0232. The highest BCUT2D eigenvalue weighted by Gasteiger charge is 2.26. The molecule has 1 heterocycles. The zero-order valence-corrected chi connectivity index (χ0v) is 15.6. The predicted molar refractivity (Wildman–Crippen MR) is 90.4 cm³/mol. The standard InChI is InChI=1S/C16H24ClN3O4/c1-15(2,3)23-13(21)19-20(14(22)24-16(4,5)6)10-12-8-7-11(17)9-18-12/h7-9H,10H2,1-6H3,(H,19,21). The number of hydrazine groups is 1. The summed E-state index contributed by atoms with van der Waals surface area (Å²) in [5, 5.41) is 1.48. The van der Waals surface area contributed by atoms with Crippen molar-refractivity contribution in [3.8, 4) is 0 Å². The largest absolute Gasteiger partial charge is 0.443 e. The minimum absolute atomic E-state index is 0.00528. The van der Waals surface area contributed by atoms with E-state index in [1.807, 2.05) is 0 Å². The topological polar surface area (TPSA) is 80.8 Å². The first-order chi connectivity index (χ1) is 10.9. The summed E-state index contributed by atoms with van der Waals surface area (Å²) in [6.45, 7) is 10.4. The first-order valence-corrected chi connectivity index (χ1v) is 7.84. The molecule has 1 aromatic heterocycles. The van der Waals surface area contributed by atoms with Gasteiger partial charge in [0.1, 0.15) is 11.2 Å². The molecule has 7 nitrogen and oxygen atoms in total. The van der Waals surface area contributed by atoms with Crippen molar-refractivity contribution in [1.82, 2.24) is 15.4 Å². The normalized spacial score (nSPS) is 11.6.